The highest BCUT2D eigenvalue weighted by Crippen LogP contribution is 2.31. The van der Waals surface area contributed by atoms with Crippen molar-refractivity contribution in [1.29, 1.82) is 0 Å². The van der Waals surface area contributed by atoms with Crippen molar-refractivity contribution in [2.24, 2.45) is 5.92 Å². The third kappa shape index (κ3) is 6.49. The van der Waals surface area contributed by atoms with E-state index < -0.39 is 0 Å². The maximum absolute atomic E-state index is 13.3. The number of ether oxygens (including phenoxy) is 1. The zero-order valence-electron chi connectivity index (χ0n) is 22.0. The molecule has 1 atom stereocenters. The lowest BCUT2D eigenvalue weighted by Crippen LogP contribution is -2.41. The van der Waals surface area contributed by atoms with Gasteiger partial charge in [0.1, 0.15) is 5.82 Å². The maximum Gasteiger partial charge on any atom is 0.305 e. The predicted octanol–water partition coefficient (Wildman–Crippen LogP) is 4.47. The number of aromatic nitrogens is 4. The fourth-order valence-corrected chi connectivity index (χ4v) is 4.77. The zero-order chi connectivity index (χ0) is 27.0. The molecule has 0 fully saturated rings. The van der Waals surface area contributed by atoms with Crippen LogP contribution in [0.3, 0.4) is 0 Å². The highest BCUT2D eigenvalue weighted by atomic mass is 16.5. The number of hydrogen-bond donors (Lipinski definition) is 1. The molecule has 5 rings (SSSR count). The average Bonchev–Trinajstić information content (AvgIpc) is 2.97. The maximum atomic E-state index is 13.3. The van der Waals surface area contributed by atoms with Crippen molar-refractivity contribution in [2.75, 3.05) is 29.9 Å². The Morgan fingerprint density at radius 1 is 1.03 bits per heavy atom. The van der Waals surface area contributed by atoms with Crippen LogP contribution in [0.5, 0.6) is 0 Å². The minimum Gasteiger partial charge on any atom is -0.466 e. The first-order chi connectivity index (χ1) is 19.1. The first-order valence-corrected chi connectivity index (χ1v) is 13.3. The predicted molar refractivity (Wildman–Crippen MR) is 151 cm³/mol. The first-order valence-electron chi connectivity index (χ1n) is 13.3. The molecular formula is C30H32N6O3. The van der Waals surface area contributed by atoms with Gasteiger partial charge in [-0.25, -0.2) is 9.97 Å². The number of nitrogens with zero attached hydrogens (tertiary/aromatic N) is 5. The summed E-state index contributed by atoms with van der Waals surface area (Å²) in [5.74, 6) is 1.48. The van der Waals surface area contributed by atoms with Crippen LogP contribution in [-0.2, 0) is 22.5 Å². The van der Waals surface area contributed by atoms with Gasteiger partial charge in [0.25, 0.3) is 5.56 Å². The van der Waals surface area contributed by atoms with Crippen LogP contribution >= 0.6 is 0 Å². The van der Waals surface area contributed by atoms with E-state index in [-0.39, 0.29) is 17.4 Å². The second-order valence-corrected chi connectivity index (χ2v) is 9.48. The summed E-state index contributed by atoms with van der Waals surface area (Å²) < 4.78 is 6.80. The molecule has 4 aromatic rings. The molecule has 39 heavy (non-hydrogen) atoms. The van der Waals surface area contributed by atoms with Crippen LogP contribution in [0.15, 0.2) is 83.8 Å². The molecule has 1 aliphatic heterocycles. The summed E-state index contributed by atoms with van der Waals surface area (Å²) >= 11 is 0. The van der Waals surface area contributed by atoms with Crippen molar-refractivity contribution in [1.82, 2.24) is 19.5 Å². The number of rotatable bonds is 10. The van der Waals surface area contributed by atoms with Gasteiger partial charge in [0, 0.05) is 43.9 Å². The van der Waals surface area contributed by atoms with Crippen molar-refractivity contribution in [3.63, 3.8) is 0 Å². The summed E-state index contributed by atoms with van der Waals surface area (Å²) in [6, 6.07) is 23.3. The SMILES string of the molecule is CCOC(=O)CCC1CN(c2ccnc(NCCc3ccccc3)n2)c2nc(-c3ccccc3)cc(=O)n2C1. The second kappa shape index (κ2) is 12.3. The number of esters is 1. The fourth-order valence-electron chi connectivity index (χ4n) is 4.77. The van der Waals surface area contributed by atoms with E-state index in [1.807, 2.05) is 59.5 Å². The number of carbonyl (C=O) groups is 1. The van der Waals surface area contributed by atoms with Gasteiger partial charge in [0.15, 0.2) is 0 Å². The first kappa shape index (κ1) is 26.1. The molecule has 2 aromatic heterocycles. The average molecular weight is 525 g/mol. The van der Waals surface area contributed by atoms with Gasteiger partial charge in [0.05, 0.1) is 12.3 Å². The van der Waals surface area contributed by atoms with Crippen LogP contribution in [0.25, 0.3) is 11.3 Å². The Morgan fingerprint density at radius 3 is 2.56 bits per heavy atom. The van der Waals surface area contributed by atoms with Crippen molar-refractivity contribution >= 4 is 23.7 Å². The van der Waals surface area contributed by atoms with Gasteiger partial charge in [-0.15, -0.1) is 0 Å². The Bertz CT molecular complexity index is 1460. The number of nitrogens with one attached hydrogen (secondary N) is 1. The molecule has 0 amide bonds. The van der Waals surface area contributed by atoms with Crippen LogP contribution in [0, 0.1) is 5.92 Å². The summed E-state index contributed by atoms with van der Waals surface area (Å²) in [6.07, 6.45) is 3.43. The van der Waals surface area contributed by atoms with Gasteiger partial charge < -0.3 is 10.1 Å². The molecule has 1 N–H and O–H groups in total. The molecule has 9 heteroatoms. The molecule has 2 aromatic carbocycles. The van der Waals surface area contributed by atoms with Crippen LogP contribution in [0.1, 0.15) is 25.3 Å². The Kier molecular flexibility index (Phi) is 8.26. The zero-order valence-corrected chi connectivity index (χ0v) is 22.0. The molecule has 0 saturated carbocycles. The fraction of sp³-hybridized carbons (Fsp3) is 0.300. The lowest BCUT2D eigenvalue weighted by molar-refractivity contribution is -0.143. The van der Waals surface area contributed by atoms with Crippen LogP contribution < -0.4 is 15.8 Å². The highest BCUT2D eigenvalue weighted by Gasteiger charge is 2.29. The van der Waals surface area contributed by atoms with E-state index in [1.54, 1.807) is 23.8 Å². The Hall–Kier alpha value is -4.53. The van der Waals surface area contributed by atoms with Gasteiger partial charge in [-0.2, -0.15) is 4.98 Å². The number of benzene rings is 2. The molecule has 0 bridgehead atoms. The monoisotopic (exact) mass is 524 g/mol. The van der Waals surface area contributed by atoms with E-state index in [2.05, 4.69) is 22.4 Å². The highest BCUT2D eigenvalue weighted by molar-refractivity contribution is 5.69. The normalized spacial score (nSPS) is 14.5. The van der Waals surface area contributed by atoms with Crippen molar-refractivity contribution in [3.8, 4) is 11.3 Å². The summed E-state index contributed by atoms with van der Waals surface area (Å²) in [5.41, 5.74) is 2.57. The molecule has 0 radical (unpaired) electrons. The molecule has 9 nitrogen and oxygen atoms in total. The molecule has 3 heterocycles. The van der Waals surface area contributed by atoms with Crippen LogP contribution in [0.2, 0.25) is 0 Å². The van der Waals surface area contributed by atoms with E-state index in [1.165, 1.54) is 5.56 Å². The van der Waals surface area contributed by atoms with Gasteiger partial charge >= 0.3 is 5.97 Å². The van der Waals surface area contributed by atoms with Crippen LogP contribution in [0.4, 0.5) is 17.7 Å². The molecule has 0 aliphatic carbocycles. The Morgan fingerprint density at radius 2 is 1.79 bits per heavy atom. The lowest BCUT2D eigenvalue weighted by Gasteiger charge is -2.35. The molecular weight excluding hydrogens is 492 g/mol. The smallest absolute Gasteiger partial charge is 0.305 e. The third-order valence-electron chi connectivity index (χ3n) is 6.70. The van der Waals surface area contributed by atoms with Crippen LogP contribution in [-0.4, -0.2) is 45.2 Å². The lowest BCUT2D eigenvalue weighted by atomic mass is 10.0. The van der Waals surface area contributed by atoms with Gasteiger partial charge in [-0.1, -0.05) is 60.7 Å². The van der Waals surface area contributed by atoms with E-state index in [9.17, 15) is 9.59 Å². The quantitative estimate of drug-likeness (QED) is 0.303. The number of hydrogen-bond acceptors (Lipinski definition) is 8. The summed E-state index contributed by atoms with van der Waals surface area (Å²) in [6.45, 7) is 3.86. The third-order valence-corrected chi connectivity index (χ3v) is 6.70. The van der Waals surface area contributed by atoms with Crippen molar-refractivity contribution in [3.05, 3.63) is 94.9 Å². The second-order valence-electron chi connectivity index (χ2n) is 9.48. The van der Waals surface area contributed by atoms with Crippen molar-refractivity contribution < 1.29 is 9.53 Å². The van der Waals surface area contributed by atoms with Gasteiger partial charge in [-0.3, -0.25) is 19.1 Å². The number of anilines is 3. The van der Waals surface area contributed by atoms with Gasteiger partial charge in [0.2, 0.25) is 11.9 Å². The van der Waals surface area contributed by atoms with E-state index in [0.29, 0.717) is 62.5 Å². The molecule has 200 valence electrons. The molecule has 1 aliphatic rings. The summed E-state index contributed by atoms with van der Waals surface area (Å²) in [4.78, 5) is 41.4. The molecule has 1 unspecified atom stereocenters. The Labute approximate surface area is 227 Å². The van der Waals surface area contributed by atoms with E-state index >= 15 is 0 Å². The molecule has 0 saturated heterocycles. The number of carbonyl (C=O) groups excluding carboxylic acids is 1. The Balaban J connectivity index is 1.43. The standard InChI is InChI=1S/C30H32N6O3/c1-2-39-28(38)14-13-23-20-35(26-16-18-32-29(34-26)31-17-15-22-9-5-3-6-10-22)30-33-25(19-27(37)36(30)21-23)24-11-7-4-8-12-24/h3-12,16,18-19,23H,2,13-15,17,20-21H2,1H3,(H,31,32,34). The number of fused-ring (bicyclic) bond motifs is 1. The molecule has 0 spiro atoms. The minimum absolute atomic E-state index is 0.0356. The summed E-state index contributed by atoms with van der Waals surface area (Å²) in [5, 5.41) is 3.31. The summed E-state index contributed by atoms with van der Waals surface area (Å²) in [7, 11) is 0. The van der Waals surface area contributed by atoms with Gasteiger partial charge in [-0.05, 0) is 37.3 Å². The minimum atomic E-state index is -0.230. The topological polar surface area (TPSA) is 102 Å². The largest absolute Gasteiger partial charge is 0.466 e. The van der Waals surface area contributed by atoms with E-state index in [4.69, 9.17) is 14.7 Å². The van der Waals surface area contributed by atoms with Crippen molar-refractivity contribution in [2.45, 2.75) is 32.7 Å². The van der Waals surface area contributed by atoms with E-state index in [0.717, 1.165) is 12.0 Å².